The van der Waals surface area contributed by atoms with Gasteiger partial charge in [0.1, 0.15) is 11.9 Å². The van der Waals surface area contributed by atoms with Gasteiger partial charge in [-0.3, -0.25) is 10.00 Å². The van der Waals surface area contributed by atoms with Crippen molar-refractivity contribution in [2.75, 3.05) is 5.32 Å². The van der Waals surface area contributed by atoms with E-state index in [0.717, 1.165) is 25.0 Å². The molecule has 8 heteroatoms. The zero-order valence-electron chi connectivity index (χ0n) is 15.1. The highest BCUT2D eigenvalue weighted by Gasteiger charge is 2.31. The van der Waals surface area contributed by atoms with Crippen molar-refractivity contribution >= 4 is 11.8 Å². The van der Waals surface area contributed by atoms with Crippen LogP contribution in [-0.4, -0.2) is 33.1 Å². The number of carbonyl (C=O) groups is 1. The van der Waals surface area contributed by atoms with Crippen molar-refractivity contribution in [2.24, 2.45) is 7.05 Å². The van der Waals surface area contributed by atoms with E-state index in [1.807, 2.05) is 34.0 Å². The molecule has 0 spiro atoms. The van der Waals surface area contributed by atoms with Crippen molar-refractivity contribution in [3.05, 3.63) is 24.2 Å². The molecule has 136 valence electrons. The summed E-state index contributed by atoms with van der Waals surface area (Å²) in [6, 6.07) is 1.40. The number of hydrogen-bond acceptors (Lipinski definition) is 5. The van der Waals surface area contributed by atoms with Gasteiger partial charge in [0.2, 0.25) is 0 Å². The van der Waals surface area contributed by atoms with Gasteiger partial charge in [-0.2, -0.15) is 5.10 Å². The lowest BCUT2D eigenvalue weighted by molar-refractivity contribution is 0.175. The fraction of sp³-hybridized carbons (Fsp3) is 0.588. The molecule has 2 N–H and O–H groups in total. The van der Waals surface area contributed by atoms with E-state index in [4.69, 9.17) is 9.26 Å². The largest absolute Gasteiger partial charge is 0.485 e. The number of amides is 2. The SMILES string of the molecule is Cn1cc(O[C@@H]2CCC[C@@H]2NC(=O)Nc2cc(C(C)(C)C)on2)cn1. The lowest BCUT2D eigenvalue weighted by atomic mass is 9.93. The molecule has 0 unspecified atom stereocenters. The fourth-order valence-electron chi connectivity index (χ4n) is 2.87. The maximum Gasteiger partial charge on any atom is 0.320 e. The number of nitrogens with zero attached hydrogens (tertiary/aromatic N) is 3. The Morgan fingerprint density at radius 2 is 2.20 bits per heavy atom. The van der Waals surface area contributed by atoms with E-state index in [1.54, 1.807) is 16.9 Å². The molecular weight excluding hydrogens is 322 g/mol. The molecule has 2 aromatic heterocycles. The van der Waals surface area contributed by atoms with Crippen LogP contribution in [0.3, 0.4) is 0 Å². The second-order valence-corrected chi connectivity index (χ2v) is 7.47. The minimum Gasteiger partial charge on any atom is -0.485 e. The van der Waals surface area contributed by atoms with Gasteiger partial charge in [0.15, 0.2) is 11.6 Å². The number of urea groups is 1. The van der Waals surface area contributed by atoms with Crippen molar-refractivity contribution in [2.45, 2.75) is 57.6 Å². The van der Waals surface area contributed by atoms with Crippen LogP contribution < -0.4 is 15.4 Å². The third-order valence-corrected chi connectivity index (χ3v) is 4.23. The Kier molecular flexibility index (Phi) is 4.69. The third kappa shape index (κ3) is 4.32. The molecule has 0 aromatic carbocycles. The summed E-state index contributed by atoms with van der Waals surface area (Å²) in [4.78, 5) is 12.3. The normalized spacial score (nSPS) is 20.5. The predicted octanol–water partition coefficient (Wildman–Crippen LogP) is 2.83. The second-order valence-electron chi connectivity index (χ2n) is 7.47. The average molecular weight is 347 g/mol. The minimum absolute atomic E-state index is 0.0470. The van der Waals surface area contributed by atoms with Crippen LogP contribution in [0, 0.1) is 0 Å². The number of ether oxygens (including phenoxy) is 1. The Labute approximate surface area is 146 Å². The van der Waals surface area contributed by atoms with Gasteiger partial charge in [0.25, 0.3) is 0 Å². The second kappa shape index (κ2) is 6.78. The van der Waals surface area contributed by atoms with E-state index in [1.165, 1.54) is 0 Å². The lowest BCUT2D eigenvalue weighted by Crippen LogP contribution is -2.44. The van der Waals surface area contributed by atoms with Gasteiger partial charge in [-0.25, -0.2) is 4.79 Å². The zero-order valence-corrected chi connectivity index (χ0v) is 15.1. The molecule has 2 atom stereocenters. The Balaban J connectivity index is 1.55. The standard InChI is InChI=1S/C17H25N5O3/c1-17(2,3)14-8-15(21-25-14)20-16(23)19-12-6-5-7-13(12)24-11-9-18-22(4)10-11/h8-10,12-13H,5-7H2,1-4H3,(H2,19,20,21,23)/t12-,13+/m0/s1. The molecule has 1 saturated carbocycles. The van der Waals surface area contributed by atoms with Crippen LogP contribution in [0.25, 0.3) is 0 Å². The van der Waals surface area contributed by atoms with Crippen LogP contribution in [-0.2, 0) is 12.5 Å². The highest BCUT2D eigenvalue weighted by molar-refractivity contribution is 5.88. The van der Waals surface area contributed by atoms with Crippen LogP contribution in [0.5, 0.6) is 5.75 Å². The molecule has 25 heavy (non-hydrogen) atoms. The fourth-order valence-corrected chi connectivity index (χ4v) is 2.87. The van der Waals surface area contributed by atoms with Crippen molar-refractivity contribution in [1.29, 1.82) is 0 Å². The zero-order chi connectivity index (χ0) is 18.0. The summed E-state index contributed by atoms with van der Waals surface area (Å²) in [6.07, 6.45) is 6.23. The topological polar surface area (TPSA) is 94.2 Å². The molecular formula is C17H25N5O3. The van der Waals surface area contributed by atoms with Gasteiger partial charge < -0.3 is 14.6 Å². The summed E-state index contributed by atoms with van der Waals surface area (Å²) in [5, 5.41) is 13.7. The van der Waals surface area contributed by atoms with Crippen molar-refractivity contribution < 1.29 is 14.1 Å². The summed E-state index contributed by atoms with van der Waals surface area (Å²) in [6.45, 7) is 6.07. The Hall–Kier alpha value is -2.51. The molecule has 1 aliphatic carbocycles. The van der Waals surface area contributed by atoms with Gasteiger partial charge in [0, 0.05) is 18.5 Å². The first-order valence-electron chi connectivity index (χ1n) is 8.51. The van der Waals surface area contributed by atoms with Crippen molar-refractivity contribution in [1.82, 2.24) is 20.3 Å². The summed E-state index contributed by atoms with van der Waals surface area (Å²) >= 11 is 0. The molecule has 0 bridgehead atoms. The molecule has 2 amide bonds. The van der Waals surface area contributed by atoms with Gasteiger partial charge >= 0.3 is 6.03 Å². The van der Waals surface area contributed by atoms with Gasteiger partial charge in [-0.15, -0.1) is 0 Å². The molecule has 0 radical (unpaired) electrons. The Bertz CT molecular complexity index is 731. The molecule has 0 saturated heterocycles. The summed E-state index contributed by atoms with van der Waals surface area (Å²) in [7, 11) is 1.84. The molecule has 2 aromatic rings. The summed E-state index contributed by atoms with van der Waals surface area (Å²) in [5.74, 6) is 1.85. The highest BCUT2D eigenvalue weighted by atomic mass is 16.5. The van der Waals surface area contributed by atoms with E-state index < -0.39 is 0 Å². The van der Waals surface area contributed by atoms with Crippen molar-refractivity contribution in [3.8, 4) is 5.75 Å². The number of anilines is 1. The van der Waals surface area contributed by atoms with E-state index >= 15 is 0 Å². The first kappa shape index (κ1) is 17.3. The molecule has 1 fully saturated rings. The number of aromatic nitrogens is 3. The van der Waals surface area contributed by atoms with Crippen molar-refractivity contribution in [3.63, 3.8) is 0 Å². The maximum absolute atomic E-state index is 12.3. The molecule has 0 aliphatic heterocycles. The number of nitrogens with one attached hydrogen (secondary N) is 2. The smallest absolute Gasteiger partial charge is 0.320 e. The number of rotatable bonds is 4. The first-order chi connectivity index (χ1) is 11.8. The number of carbonyl (C=O) groups excluding carboxylic acids is 1. The van der Waals surface area contributed by atoms with E-state index in [0.29, 0.717) is 11.6 Å². The average Bonchev–Trinajstić information content (AvgIpc) is 3.22. The van der Waals surface area contributed by atoms with E-state index in [9.17, 15) is 4.79 Å². The summed E-state index contributed by atoms with van der Waals surface area (Å²) < 4.78 is 12.9. The van der Waals surface area contributed by atoms with Gasteiger partial charge in [-0.05, 0) is 19.3 Å². The number of hydrogen-bond donors (Lipinski definition) is 2. The Morgan fingerprint density at radius 1 is 1.40 bits per heavy atom. The lowest BCUT2D eigenvalue weighted by Gasteiger charge is -2.21. The van der Waals surface area contributed by atoms with E-state index in [-0.39, 0.29) is 23.6 Å². The van der Waals surface area contributed by atoms with Crippen LogP contribution in [0.4, 0.5) is 10.6 Å². The van der Waals surface area contributed by atoms with Gasteiger partial charge in [0.05, 0.1) is 18.4 Å². The molecule has 1 aliphatic rings. The van der Waals surface area contributed by atoms with Crippen LogP contribution >= 0.6 is 0 Å². The quantitative estimate of drug-likeness (QED) is 0.887. The van der Waals surface area contributed by atoms with E-state index in [2.05, 4.69) is 20.9 Å². The van der Waals surface area contributed by atoms with Crippen LogP contribution in [0.15, 0.2) is 23.0 Å². The highest BCUT2D eigenvalue weighted by Crippen LogP contribution is 2.26. The molecule has 8 nitrogen and oxygen atoms in total. The molecule has 3 rings (SSSR count). The minimum atomic E-state index is -0.305. The third-order valence-electron chi connectivity index (χ3n) is 4.23. The van der Waals surface area contributed by atoms with Crippen LogP contribution in [0.2, 0.25) is 0 Å². The first-order valence-corrected chi connectivity index (χ1v) is 8.51. The monoisotopic (exact) mass is 347 g/mol. The molecule has 2 heterocycles. The van der Waals surface area contributed by atoms with Crippen LogP contribution in [0.1, 0.15) is 45.8 Å². The number of aryl methyl sites for hydroxylation is 1. The summed E-state index contributed by atoms with van der Waals surface area (Å²) in [5.41, 5.74) is -0.155. The maximum atomic E-state index is 12.3. The van der Waals surface area contributed by atoms with Gasteiger partial charge in [-0.1, -0.05) is 25.9 Å². The Morgan fingerprint density at radius 3 is 2.84 bits per heavy atom. The predicted molar refractivity (Wildman–Crippen MR) is 92.6 cm³/mol.